The highest BCUT2D eigenvalue weighted by Gasteiger charge is 2.15. The number of anilines is 1. The lowest BCUT2D eigenvalue weighted by atomic mass is 10.2. The van der Waals surface area contributed by atoms with E-state index in [-0.39, 0.29) is 22.9 Å². The molecule has 1 aromatic carbocycles. The van der Waals surface area contributed by atoms with Gasteiger partial charge in [0.1, 0.15) is 5.69 Å². The number of rotatable bonds is 7. The van der Waals surface area contributed by atoms with Crippen molar-refractivity contribution in [2.75, 3.05) is 18.5 Å². The molecular weight excluding hydrogens is 360 g/mol. The highest BCUT2D eigenvalue weighted by Crippen LogP contribution is 2.21. The summed E-state index contributed by atoms with van der Waals surface area (Å²) in [6.07, 6.45) is 2.13. The van der Waals surface area contributed by atoms with Gasteiger partial charge in [-0.25, -0.2) is 14.6 Å². The van der Waals surface area contributed by atoms with E-state index in [1.54, 1.807) is 12.1 Å². The molecule has 0 fully saturated rings. The third-order valence-electron chi connectivity index (χ3n) is 3.12. The Morgan fingerprint density at radius 2 is 1.92 bits per heavy atom. The van der Waals surface area contributed by atoms with E-state index in [2.05, 4.69) is 10.3 Å². The maximum Gasteiger partial charge on any atom is 0.357 e. The summed E-state index contributed by atoms with van der Waals surface area (Å²) >= 11 is 5.99. The molecule has 0 bridgehead atoms. The number of amides is 1. The molecule has 0 aliphatic heterocycles. The van der Waals surface area contributed by atoms with E-state index in [4.69, 9.17) is 21.1 Å². The largest absolute Gasteiger partial charge is 0.462 e. The first-order valence-electron chi connectivity index (χ1n) is 7.86. The SMILES string of the molecule is CCCOC(=O)c1cc(NC(=O)COC(=O)c2ccccn2)ccc1Cl. The van der Waals surface area contributed by atoms with Gasteiger partial charge in [-0.1, -0.05) is 24.6 Å². The second-order valence-corrected chi connectivity index (χ2v) is 5.58. The summed E-state index contributed by atoms with van der Waals surface area (Å²) in [5.74, 6) is -1.85. The average molecular weight is 377 g/mol. The fourth-order valence-corrected chi connectivity index (χ4v) is 2.11. The van der Waals surface area contributed by atoms with Gasteiger partial charge in [0, 0.05) is 11.9 Å². The first-order chi connectivity index (χ1) is 12.5. The van der Waals surface area contributed by atoms with Gasteiger partial charge in [-0.2, -0.15) is 0 Å². The lowest BCUT2D eigenvalue weighted by Crippen LogP contribution is -2.21. The van der Waals surface area contributed by atoms with Gasteiger partial charge in [-0.05, 0) is 36.8 Å². The zero-order valence-electron chi connectivity index (χ0n) is 14.0. The average Bonchev–Trinajstić information content (AvgIpc) is 2.66. The molecule has 0 unspecified atom stereocenters. The number of halogens is 1. The van der Waals surface area contributed by atoms with Crippen molar-refractivity contribution in [2.45, 2.75) is 13.3 Å². The van der Waals surface area contributed by atoms with E-state index in [0.717, 1.165) is 0 Å². The van der Waals surface area contributed by atoms with Crippen molar-refractivity contribution in [3.05, 3.63) is 58.9 Å². The molecule has 0 aliphatic carbocycles. The molecule has 0 radical (unpaired) electrons. The monoisotopic (exact) mass is 376 g/mol. The molecule has 0 spiro atoms. The van der Waals surface area contributed by atoms with Crippen LogP contribution in [0.3, 0.4) is 0 Å². The Bertz CT molecular complexity index is 795. The van der Waals surface area contributed by atoms with Gasteiger partial charge in [0.15, 0.2) is 6.61 Å². The summed E-state index contributed by atoms with van der Waals surface area (Å²) in [6.45, 7) is 1.65. The molecule has 1 heterocycles. The fourth-order valence-electron chi connectivity index (χ4n) is 1.92. The summed E-state index contributed by atoms with van der Waals surface area (Å²) in [7, 11) is 0. The summed E-state index contributed by atoms with van der Waals surface area (Å²) < 4.78 is 9.92. The molecule has 2 rings (SSSR count). The van der Waals surface area contributed by atoms with Crippen molar-refractivity contribution in [3.8, 4) is 0 Å². The molecular formula is C18H17ClN2O5. The predicted octanol–water partition coefficient (Wildman–Crippen LogP) is 3.10. The molecule has 0 atom stereocenters. The van der Waals surface area contributed by atoms with E-state index in [0.29, 0.717) is 12.1 Å². The molecule has 1 aromatic heterocycles. The zero-order valence-corrected chi connectivity index (χ0v) is 14.8. The third-order valence-corrected chi connectivity index (χ3v) is 3.45. The third kappa shape index (κ3) is 5.56. The van der Waals surface area contributed by atoms with Crippen molar-refractivity contribution >= 4 is 35.1 Å². The van der Waals surface area contributed by atoms with E-state index in [1.807, 2.05) is 6.92 Å². The second kappa shape index (κ2) is 9.53. The molecule has 136 valence electrons. The van der Waals surface area contributed by atoms with Crippen LogP contribution in [0.5, 0.6) is 0 Å². The van der Waals surface area contributed by atoms with E-state index in [1.165, 1.54) is 30.5 Å². The number of carbonyl (C=O) groups is 3. The predicted molar refractivity (Wildman–Crippen MR) is 95.2 cm³/mol. The molecule has 0 saturated heterocycles. The summed E-state index contributed by atoms with van der Waals surface area (Å²) in [4.78, 5) is 39.4. The van der Waals surface area contributed by atoms with Crippen LogP contribution in [0, 0.1) is 0 Å². The fraction of sp³-hybridized carbons (Fsp3) is 0.222. The number of benzene rings is 1. The van der Waals surface area contributed by atoms with Crippen molar-refractivity contribution in [3.63, 3.8) is 0 Å². The van der Waals surface area contributed by atoms with Crippen molar-refractivity contribution in [1.29, 1.82) is 0 Å². The van der Waals surface area contributed by atoms with Crippen molar-refractivity contribution < 1.29 is 23.9 Å². The summed E-state index contributed by atoms with van der Waals surface area (Å²) in [5.41, 5.74) is 0.577. The van der Waals surface area contributed by atoms with E-state index >= 15 is 0 Å². The summed E-state index contributed by atoms with van der Waals surface area (Å²) in [5, 5.41) is 2.74. The molecule has 0 saturated carbocycles. The number of carbonyl (C=O) groups excluding carboxylic acids is 3. The Labute approximate surface area is 155 Å². The van der Waals surface area contributed by atoms with Crippen LogP contribution in [0.2, 0.25) is 5.02 Å². The van der Waals surface area contributed by atoms with Gasteiger partial charge in [0.25, 0.3) is 5.91 Å². The van der Waals surface area contributed by atoms with Crippen LogP contribution in [-0.2, 0) is 14.3 Å². The first kappa shape index (κ1) is 19.4. The Kier molecular flexibility index (Phi) is 7.11. The molecule has 2 aromatic rings. The van der Waals surface area contributed by atoms with E-state index in [9.17, 15) is 14.4 Å². The van der Waals surface area contributed by atoms with Crippen LogP contribution in [0.15, 0.2) is 42.6 Å². The lowest BCUT2D eigenvalue weighted by Gasteiger charge is -2.09. The summed E-state index contributed by atoms with van der Waals surface area (Å²) in [6, 6.07) is 9.17. The van der Waals surface area contributed by atoms with Crippen LogP contribution < -0.4 is 5.32 Å². The number of hydrogen-bond donors (Lipinski definition) is 1. The molecule has 1 amide bonds. The number of aromatic nitrogens is 1. The van der Waals surface area contributed by atoms with Gasteiger partial charge in [-0.3, -0.25) is 4.79 Å². The number of nitrogens with one attached hydrogen (secondary N) is 1. The number of ether oxygens (including phenoxy) is 2. The number of esters is 2. The quantitative estimate of drug-likeness (QED) is 0.746. The Morgan fingerprint density at radius 3 is 2.62 bits per heavy atom. The standard InChI is InChI=1S/C18H17ClN2O5/c1-2-9-25-17(23)13-10-12(6-7-14(13)19)21-16(22)11-26-18(24)15-5-3-4-8-20-15/h3-8,10H,2,9,11H2,1H3,(H,21,22). The second-order valence-electron chi connectivity index (χ2n) is 5.17. The molecule has 8 heteroatoms. The van der Waals surface area contributed by atoms with Crippen LogP contribution in [0.25, 0.3) is 0 Å². The maximum atomic E-state index is 11.9. The van der Waals surface area contributed by atoms with Crippen LogP contribution in [0.1, 0.15) is 34.2 Å². The highest BCUT2D eigenvalue weighted by atomic mass is 35.5. The minimum Gasteiger partial charge on any atom is -0.462 e. The van der Waals surface area contributed by atoms with Gasteiger partial charge >= 0.3 is 11.9 Å². The van der Waals surface area contributed by atoms with E-state index < -0.39 is 24.5 Å². The number of pyridine rings is 1. The van der Waals surface area contributed by atoms with Gasteiger partial charge in [-0.15, -0.1) is 0 Å². The van der Waals surface area contributed by atoms with Crippen LogP contribution in [0.4, 0.5) is 5.69 Å². The number of hydrogen-bond acceptors (Lipinski definition) is 6. The highest BCUT2D eigenvalue weighted by molar-refractivity contribution is 6.33. The Hall–Kier alpha value is -2.93. The van der Waals surface area contributed by atoms with Gasteiger partial charge in [0.05, 0.1) is 17.2 Å². The smallest absolute Gasteiger partial charge is 0.357 e. The molecule has 0 aliphatic rings. The first-order valence-corrected chi connectivity index (χ1v) is 8.23. The van der Waals surface area contributed by atoms with Crippen molar-refractivity contribution in [2.24, 2.45) is 0 Å². The minimum atomic E-state index is -0.708. The molecule has 26 heavy (non-hydrogen) atoms. The normalized spacial score (nSPS) is 10.1. The topological polar surface area (TPSA) is 94.6 Å². The van der Waals surface area contributed by atoms with Crippen LogP contribution >= 0.6 is 11.6 Å². The molecule has 7 nitrogen and oxygen atoms in total. The molecule has 1 N–H and O–H groups in total. The lowest BCUT2D eigenvalue weighted by molar-refractivity contribution is -0.119. The number of nitrogens with zero attached hydrogens (tertiary/aromatic N) is 1. The zero-order chi connectivity index (χ0) is 18.9. The Morgan fingerprint density at radius 1 is 1.12 bits per heavy atom. The van der Waals surface area contributed by atoms with Crippen LogP contribution in [-0.4, -0.2) is 36.0 Å². The van der Waals surface area contributed by atoms with Gasteiger partial charge in [0.2, 0.25) is 0 Å². The van der Waals surface area contributed by atoms with Crippen molar-refractivity contribution in [1.82, 2.24) is 4.98 Å². The Balaban J connectivity index is 1.94. The van der Waals surface area contributed by atoms with Gasteiger partial charge < -0.3 is 14.8 Å². The maximum absolute atomic E-state index is 11.9. The minimum absolute atomic E-state index is 0.104.